The second-order valence-corrected chi connectivity index (χ2v) is 6.43. The van der Waals surface area contributed by atoms with Gasteiger partial charge in [-0.05, 0) is 18.8 Å². The molecule has 3 rings (SSSR count). The van der Waals surface area contributed by atoms with Gasteiger partial charge in [0.25, 0.3) is 0 Å². The van der Waals surface area contributed by atoms with Crippen LogP contribution in [0.4, 0.5) is 5.13 Å². The van der Waals surface area contributed by atoms with E-state index in [0.717, 1.165) is 19.3 Å². The Morgan fingerprint density at radius 1 is 1.30 bits per heavy atom. The number of amides is 2. The number of fused-ring (bicyclic) bond motifs is 1. The Morgan fingerprint density at radius 3 is 2.45 bits per heavy atom. The summed E-state index contributed by atoms with van der Waals surface area (Å²) < 4.78 is 0. The van der Waals surface area contributed by atoms with Crippen molar-refractivity contribution in [3.8, 4) is 0 Å². The molecule has 3 N–H and O–H groups in total. The highest BCUT2D eigenvalue weighted by molar-refractivity contribution is 7.15. The van der Waals surface area contributed by atoms with Crippen molar-refractivity contribution in [3.05, 3.63) is 5.01 Å². The molecular formula is C12H17N5O2S. The van der Waals surface area contributed by atoms with Crippen molar-refractivity contribution in [2.45, 2.75) is 32.7 Å². The van der Waals surface area contributed by atoms with Crippen LogP contribution in [0.1, 0.15) is 31.2 Å². The predicted octanol–water partition coefficient (Wildman–Crippen LogP) is 0.745. The molecule has 7 nitrogen and oxygen atoms in total. The van der Waals surface area contributed by atoms with Crippen molar-refractivity contribution in [2.24, 2.45) is 23.6 Å². The molecule has 2 amide bonds. The van der Waals surface area contributed by atoms with Crippen LogP contribution in [0.15, 0.2) is 0 Å². The van der Waals surface area contributed by atoms with Crippen LogP contribution in [-0.2, 0) is 16.1 Å². The quantitative estimate of drug-likeness (QED) is 0.483. The van der Waals surface area contributed by atoms with Gasteiger partial charge in [0.1, 0.15) is 5.01 Å². The molecule has 2 atom stereocenters. The standard InChI is InChI=1S/C12H17N5O2S/c1-2-6-3-7-8(4-6)11(19)17(10(7)18)5-9-15-16-12(14-13)20-9/h6-8H,2-5,13H2,1H3,(H,14,16). The number of hydrogen-bond donors (Lipinski definition) is 2. The van der Waals surface area contributed by atoms with Crippen LogP contribution in [0, 0.1) is 17.8 Å². The number of nitrogen functional groups attached to an aromatic ring is 1. The average Bonchev–Trinajstić information content (AvgIpc) is 3.13. The Hall–Kier alpha value is -1.54. The van der Waals surface area contributed by atoms with E-state index in [4.69, 9.17) is 5.84 Å². The largest absolute Gasteiger partial charge is 0.298 e. The molecule has 2 aliphatic rings. The normalized spacial score (nSPS) is 29.1. The molecule has 1 aromatic heterocycles. The number of nitrogens with zero attached hydrogens (tertiary/aromatic N) is 3. The summed E-state index contributed by atoms with van der Waals surface area (Å²) in [5.41, 5.74) is 2.40. The first-order valence-electron chi connectivity index (χ1n) is 6.78. The van der Waals surface area contributed by atoms with Gasteiger partial charge in [0.05, 0.1) is 18.4 Å². The van der Waals surface area contributed by atoms with Crippen molar-refractivity contribution in [2.75, 3.05) is 5.43 Å². The zero-order valence-electron chi connectivity index (χ0n) is 11.2. The van der Waals surface area contributed by atoms with Crippen LogP contribution >= 0.6 is 11.3 Å². The van der Waals surface area contributed by atoms with Crippen LogP contribution in [-0.4, -0.2) is 26.9 Å². The fraction of sp³-hybridized carbons (Fsp3) is 0.667. The summed E-state index contributed by atoms with van der Waals surface area (Å²) in [7, 11) is 0. The van der Waals surface area contributed by atoms with E-state index in [2.05, 4.69) is 22.5 Å². The van der Waals surface area contributed by atoms with Crippen molar-refractivity contribution >= 4 is 28.3 Å². The SMILES string of the molecule is CCC1CC2C(=O)N(Cc3nnc(NN)s3)C(=O)C2C1. The number of anilines is 1. The van der Waals surface area contributed by atoms with E-state index in [9.17, 15) is 9.59 Å². The summed E-state index contributed by atoms with van der Waals surface area (Å²) >= 11 is 1.25. The van der Waals surface area contributed by atoms with Gasteiger partial charge in [-0.15, -0.1) is 10.2 Å². The highest BCUT2D eigenvalue weighted by Gasteiger charge is 2.52. The number of aromatic nitrogens is 2. The molecule has 0 aromatic carbocycles. The lowest BCUT2D eigenvalue weighted by Gasteiger charge is -2.15. The van der Waals surface area contributed by atoms with Crippen LogP contribution in [0.2, 0.25) is 0 Å². The second-order valence-electron chi connectivity index (χ2n) is 5.37. The number of likely N-dealkylation sites (tertiary alicyclic amines) is 1. The van der Waals surface area contributed by atoms with E-state index in [1.807, 2.05) is 0 Å². The third kappa shape index (κ3) is 2.08. The average molecular weight is 295 g/mol. The van der Waals surface area contributed by atoms with E-state index in [-0.39, 0.29) is 30.2 Å². The summed E-state index contributed by atoms with van der Waals surface area (Å²) in [6.07, 6.45) is 2.72. The molecule has 8 heteroatoms. The Kier molecular flexibility index (Phi) is 3.43. The fourth-order valence-corrected chi connectivity index (χ4v) is 3.84. The monoisotopic (exact) mass is 295 g/mol. The lowest BCUT2D eigenvalue weighted by atomic mass is 10.00. The van der Waals surface area contributed by atoms with Crippen LogP contribution in [0.25, 0.3) is 0 Å². The van der Waals surface area contributed by atoms with E-state index in [0.29, 0.717) is 16.1 Å². The van der Waals surface area contributed by atoms with Crippen molar-refractivity contribution < 1.29 is 9.59 Å². The van der Waals surface area contributed by atoms with Gasteiger partial charge in [-0.3, -0.25) is 19.9 Å². The third-order valence-electron chi connectivity index (χ3n) is 4.29. The minimum atomic E-state index is -0.118. The zero-order valence-corrected chi connectivity index (χ0v) is 12.0. The topological polar surface area (TPSA) is 101 Å². The molecule has 20 heavy (non-hydrogen) atoms. The van der Waals surface area contributed by atoms with Gasteiger partial charge >= 0.3 is 0 Å². The van der Waals surface area contributed by atoms with E-state index in [1.165, 1.54) is 16.2 Å². The maximum atomic E-state index is 12.4. The van der Waals surface area contributed by atoms with Crippen LogP contribution < -0.4 is 11.3 Å². The first kappa shape index (κ1) is 13.4. The molecule has 2 heterocycles. The molecule has 1 saturated carbocycles. The van der Waals surface area contributed by atoms with Gasteiger partial charge in [-0.1, -0.05) is 24.7 Å². The second kappa shape index (κ2) is 5.10. The van der Waals surface area contributed by atoms with Gasteiger partial charge in [-0.25, -0.2) is 5.84 Å². The first-order valence-corrected chi connectivity index (χ1v) is 7.59. The summed E-state index contributed by atoms with van der Waals surface area (Å²) in [5, 5.41) is 8.83. The molecule has 1 saturated heterocycles. The highest BCUT2D eigenvalue weighted by Crippen LogP contribution is 2.44. The summed E-state index contributed by atoms with van der Waals surface area (Å²) in [5.74, 6) is 5.42. The molecule has 1 aliphatic carbocycles. The van der Waals surface area contributed by atoms with Crippen molar-refractivity contribution in [1.82, 2.24) is 15.1 Å². The maximum absolute atomic E-state index is 12.4. The van der Waals surface area contributed by atoms with Gasteiger partial charge in [0.2, 0.25) is 16.9 Å². The number of rotatable bonds is 4. The third-order valence-corrected chi connectivity index (χ3v) is 5.13. The van der Waals surface area contributed by atoms with E-state index < -0.39 is 0 Å². The molecule has 1 aliphatic heterocycles. The summed E-state index contributed by atoms with van der Waals surface area (Å²) in [6, 6.07) is 0. The molecule has 0 spiro atoms. The van der Waals surface area contributed by atoms with Gasteiger partial charge < -0.3 is 0 Å². The van der Waals surface area contributed by atoms with Crippen molar-refractivity contribution in [1.29, 1.82) is 0 Å². The molecular weight excluding hydrogens is 278 g/mol. The minimum Gasteiger partial charge on any atom is -0.298 e. The van der Waals surface area contributed by atoms with E-state index >= 15 is 0 Å². The molecule has 2 fully saturated rings. The molecule has 2 unspecified atom stereocenters. The van der Waals surface area contributed by atoms with Crippen LogP contribution in [0.5, 0.6) is 0 Å². The van der Waals surface area contributed by atoms with Gasteiger partial charge in [-0.2, -0.15) is 0 Å². The minimum absolute atomic E-state index is 0.0478. The number of nitrogens with one attached hydrogen (secondary N) is 1. The Morgan fingerprint density at radius 2 is 1.95 bits per heavy atom. The molecule has 1 aromatic rings. The first-order chi connectivity index (χ1) is 9.63. The lowest BCUT2D eigenvalue weighted by molar-refractivity contribution is -0.141. The number of nitrogens with two attached hydrogens (primary N) is 1. The van der Waals surface area contributed by atoms with Gasteiger partial charge in [0.15, 0.2) is 0 Å². The Bertz CT molecular complexity index is 522. The fourth-order valence-electron chi connectivity index (χ4n) is 3.20. The van der Waals surface area contributed by atoms with Crippen molar-refractivity contribution in [3.63, 3.8) is 0 Å². The number of hydrogen-bond acceptors (Lipinski definition) is 7. The maximum Gasteiger partial charge on any atom is 0.233 e. The Balaban J connectivity index is 1.73. The predicted molar refractivity (Wildman–Crippen MR) is 73.3 cm³/mol. The summed E-state index contributed by atoms with van der Waals surface area (Å²) in [4.78, 5) is 26.1. The zero-order chi connectivity index (χ0) is 14.3. The molecule has 0 bridgehead atoms. The summed E-state index contributed by atoms with van der Waals surface area (Å²) in [6.45, 7) is 2.32. The van der Waals surface area contributed by atoms with Gasteiger partial charge in [0, 0.05) is 0 Å². The number of carbonyl (C=O) groups is 2. The Labute approximate surface area is 120 Å². The molecule has 108 valence electrons. The van der Waals surface area contributed by atoms with E-state index in [1.54, 1.807) is 0 Å². The smallest absolute Gasteiger partial charge is 0.233 e. The highest BCUT2D eigenvalue weighted by atomic mass is 32.1. The number of imide groups is 1. The molecule has 0 radical (unpaired) electrons. The number of carbonyl (C=O) groups excluding carboxylic acids is 2. The lowest BCUT2D eigenvalue weighted by Crippen LogP contribution is -2.31. The van der Waals surface area contributed by atoms with Crippen LogP contribution in [0.3, 0.4) is 0 Å². The number of hydrazine groups is 1.